The predicted molar refractivity (Wildman–Crippen MR) is 59.1 cm³/mol. The van der Waals surface area contributed by atoms with Crippen LogP contribution in [-0.4, -0.2) is 23.2 Å². The van der Waals surface area contributed by atoms with Crippen molar-refractivity contribution in [3.8, 4) is 0 Å². The third-order valence-electron chi connectivity index (χ3n) is 2.14. The van der Waals surface area contributed by atoms with Crippen LogP contribution in [0.2, 0.25) is 0 Å². The molecule has 3 nitrogen and oxygen atoms in total. The highest BCUT2D eigenvalue weighted by molar-refractivity contribution is 7.71. The van der Waals surface area contributed by atoms with E-state index < -0.39 is 0 Å². The zero-order valence-electron chi connectivity index (χ0n) is 8.89. The molecule has 0 saturated carbocycles. The molecule has 1 heterocycles. The molecule has 0 atom stereocenters. The van der Waals surface area contributed by atoms with Gasteiger partial charge in [-0.1, -0.05) is 12.2 Å². The second-order valence-electron chi connectivity index (χ2n) is 3.19. The maximum atomic E-state index is 5.25. The average Bonchev–Trinajstić information content (AvgIpc) is 2.14. The summed E-state index contributed by atoms with van der Waals surface area (Å²) in [4.78, 5) is 7.50. The van der Waals surface area contributed by atoms with E-state index in [-0.39, 0.29) is 0 Å². The first-order valence-electron chi connectivity index (χ1n) is 4.79. The van der Waals surface area contributed by atoms with Crippen molar-refractivity contribution < 1.29 is 4.74 Å². The van der Waals surface area contributed by atoms with Crippen molar-refractivity contribution in [2.75, 3.05) is 13.2 Å². The number of nitrogens with zero attached hydrogens (tertiary/aromatic N) is 1. The molecule has 1 N–H and O–H groups in total. The summed E-state index contributed by atoms with van der Waals surface area (Å²) in [5, 5.41) is 0. The van der Waals surface area contributed by atoms with Gasteiger partial charge in [0.05, 0.1) is 6.61 Å². The number of hydrogen-bond acceptors (Lipinski definition) is 3. The van der Waals surface area contributed by atoms with Crippen molar-refractivity contribution in [2.45, 2.75) is 27.2 Å². The smallest absolute Gasteiger partial charge is 0.132 e. The van der Waals surface area contributed by atoms with Crippen LogP contribution in [0.4, 0.5) is 0 Å². The van der Waals surface area contributed by atoms with Crippen molar-refractivity contribution in [2.24, 2.45) is 0 Å². The summed E-state index contributed by atoms with van der Waals surface area (Å²) in [5.74, 6) is 0.909. The monoisotopic (exact) mass is 212 g/mol. The Morgan fingerprint density at radius 3 is 2.71 bits per heavy atom. The van der Waals surface area contributed by atoms with Crippen molar-refractivity contribution in [3.05, 3.63) is 21.7 Å². The highest BCUT2D eigenvalue weighted by Gasteiger charge is 2.00. The number of aryl methyl sites for hydroxylation is 1. The van der Waals surface area contributed by atoms with Gasteiger partial charge in [0, 0.05) is 24.3 Å². The fourth-order valence-corrected chi connectivity index (χ4v) is 1.40. The highest BCUT2D eigenvalue weighted by Crippen LogP contribution is 2.05. The summed E-state index contributed by atoms with van der Waals surface area (Å²) in [6, 6.07) is 0. The molecule has 0 spiro atoms. The largest absolute Gasteiger partial charge is 0.381 e. The van der Waals surface area contributed by atoms with Crippen LogP contribution in [-0.2, 0) is 11.2 Å². The van der Waals surface area contributed by atoms with Gasteiger partial charge in [0.25, 0.3) is 0 Å². The average molecular weight is 212 g/mol. The first kappa shape index (κ1) is 11.3. The topological polar surface area (TPSA) is 37.9 Å². The molecule has 0 aliphatic carbocycles. The Bertz CT molecular complexity index is 360. The fraction of sp³-hybridized carbons (Fsp3) is 0.600. The SMILES string of the molecule is CCOCCc1nc(=S)c(C)c(C)[nH]1. The first-order chi connectivity index (χ1) is 6.65. The second-order valence-corrected chi connectivity index (χ2v) is 3.57. The molecule has 14 heavy (non-hydrogen) atoms. The molecule has 0 saturated heterocycles. The van der Waals surface area contributed by atoms with Gasteiger partial charge in [0.2, 0.25) is 0 Å². The van der Waals surface area contributed by atoms with Crippen LogP contribution >= 0.6 is 12.2 Å². The highest BCUT2D eigenvalue weighted by atomic mass is 32.1. The molecule has 0 bridgehead atoms. The van der Waals surface area contributed by atoms with Crippen LogP contribution in [0.3, 0.4) is 0 Å². The number of aromatic nitrogens is 2. The van der Waals surface area contributed by atoms with Gasteiger partial charge in [0.15, 0.2) is 0 Å². The van der Waals surface area contributed by atoms with Gasteiger partial charge in [0.1, 0.15) is 10.5 Å². The van der Waals surface area contributed by atoms with Crippen LogP contribution in [0.1, 0.15) is 24.0 Å². The zero-order valence-corrected chi connectivity index (χ0v) is 9.70. The van der Waals surface area contributed by atoms with Gasteiger partial charge in [-0.3, -0.25) is 0 Å². The lowest BCUT2D eigenvalue weighted by Gasteiger charge is -2.05. The van der Waals surface area contributed by atoms with Gasteiger partial charge in [-0.15, -0.1) is 0 Å². The van der Waals surface area contributed by atoms with Crippen molar-refractivity contribution in [3.63, 3.8) is 0 Å². The first-order valence-corrected chi connectivity index (χ1v) is 5.20. The lowest BCUT2D eigenvalue weighted by Crippen LogP contribution is -2.05. The molecule has 0 amide bonds. The second kappa shape index (κ2) is 5.22. The normalized spacial score (nSPS) is 10.5. The fourth-order valence-electron chi connectivity index (χ4n) is 1.14. The van der Waals surface area contributed by atoms with Crippen molar-refractivity contribution >= 4 is 12.2 Å². The van der Waals surface area contributed by atoms with Crippen LogP contribution in [0.5, 0.6) is 0 Å². The Labute approximate surface area is 89.5 Å². The third-order valence-corrected chi connectivity index (χ3v) is 2.54. The minimum Gasteiger partial charge on any atom is -0.381 e. The Kier molecular flexibility index (Phi) is 4.22. The van der Waals surface area contributed by atoms with Crippen LogP contribution in [0.15, 0.2) is 0 Å². The van der Waals surface area contributed by atoms with E-state index in [1.165, 1.54) is 0 Å². The molecule has 0 radical (unpaired) electrons. The zero-order chi connectivity index (χ0) is 10.6. The standard InChI is InChI=1S/C10H16N2OS/c1-4-13-6-5-9-11-8(3)7(2)10(14)12-9/h4-6H2,1-3H3,(H,11,12,14). The van der Waals surface area contributed by atoms with Gasteiger partial charge < -0.3 is 9.72 Å². The Balaban J connectivity index is 2.75. The van der Waals surface area contributed by atoms with Gasteiger partial charge in [-0.25, -0.2) is 4.98 Å². The summed E-state index contributed by atoms with van der Waals surface area (Å²) in [6.07, 6.45) is 0.790. The maximum Gasteiger partial charge on any atom is 0.132 e. The lowest BCUT2D eigenvalue weighted by atomic mass is 10.2. The molecule has 78 valence electrons. The quantitative estimate of drug-likeness (QED) is 0.615. The number of ether oxygens (including phenoxy) is 1. The number of rotatable bonds is 4. The minimum absolute atomic E-state index is 0.688. The van der Waals surface area contributed by atoms with Crippen LogP contribution in [0, 0.1) is 18.5 Å². The summed E-state index contributed by atoms with van der Waals surface area (Å²) in [5.41, 5.74) is 2.15. The molecule has 0 aromatic carbocycles. The number of H-pyrrole nitrogens is 1. The summed E-state index contributed by atoms with van der Waals surface area (Å²) in [6.45, 7) is 7.41. The van der Waals surface area contributed by atoms with E-state index in [1.807, 2.05) is 20.8 Å². The van der Waals surface area contributed by atoms with E-state index in [4.69, 9.17) is 17.0 Å². The number of aromatic amines is 1. The molecule has 1 rings (SSSR count). The molecule has 4 heteroatoms. The molecular formula is C10H16N2OS. The molecular weight excluding hydrogens is 196 g/mol. The van der Waals surface area contributed by atoms with E-state index in [9.17, 15) is 0 Å². The number of hydrogen-bond donors (Lipinski definition) is 1. The molecule has 0 aliphatic rings. The minimum atomic E-state index is 0.688. The van der Waals surface area contributed by atoms with E-state index in [1.54, 1.807) is 0 Å². The van der Waals surface area contributed by atoms with Gasteiger partial charge in [-0.05, 0) is 20.8 Å². The number of nitrogens with one attached hydrogen (secondary N) is 1. The maximum absolute atomic E-state index is 5.25. The van der Waals surface area contributed by atoms with E-state index in [2.05, 4.69) is 9.97 Å². The predicted octanol–water partition coefficient (Wildman–Crippen LogP) is 2.34. The van der Waals surface area contributed by atoms with Crippen LogP contribution in [0.25, 0.3) is 0 Å². The van der Waals surface area contributed by atoms with E-state index in [0.29, 0.717) is 11.2 Å². The van der Waals surface area contributed by atoms with Gasteiger partial charge >= 0.3 is 0 Å². The summed E-state index contributed by atoms with van der Waals surface area (Å²) < 4.78 is 5.94. The third kappa shape index (κ3) is 2.89. The van der Waals surface area contributed by atoms with E-state index in [0.717, 1.165) is 30.1 Å². The summed E-state index contributed by atoms with van der Waals surface area (Å²) >= 11 is 5.14. The molecule has 0 unspecified atom stereocenters. The molecule has 0 fully saturated rings. The van der Waals surface area contributed by atoms with Gasteiger partial charge in [-0.2, -0.15) is 0 Å². The summed E-state index contributed by atoms with van der Waals surface area (Å²) in [7, 11) is 0. The Hall–Kier alpha value is -0.740. The Morgan fingerprint density at radius 1 is 1.43 bits per heavy atom. The molecule has 1 aromatic heterocycles. The van der Waals surface area contributed by atoms with E-state index >= 15 is 0 Å². The van der Waals surface area contributed by atoms with Crippen molar-refractivity contribution in [1.29, 1.82) is 0 Å². The van der Waals surface area contributed by atoms with Crippen LogP contribution < -0.4 is 0 Å². The lowest BCUT2D eigenvalue weighted by molar-refractivity contribution is 0.149. The Morgan fingerprint density at radius 2 is 2.14 bits per heavy atom. The van der Waals surface area contributed by atoms with Crippen molar-refractivity contribution in [1.82, 2.24) is 9.97 Å². The molecule has 0 aliphatic heterocycles. The molecule has 1 aromatic rings.